The summed E-state index contributed by atoms with van der Waals surface area (Å²) in [5.74, 6) is 0.998. The van der Waals surface area contributed by atoms with Gasteiger partial charge in [-0.2, -0.15) is 0 Å². The number of aryl methyl sites for hydroxylation is 2. The van der Waals surface area contributed by atoms with Crippen molar-refractivity contribution in [3.8, 4) is 0 Å². The molecule has 0 aliphatic rings. The van der Waals surface area contributed by atoms with Gasteiger partial charge in [-0.3, -0.25) is 4.79 Å². The highest BCUT2D eigenvalue weighted by atomic mass is 16.1. The second-order valence-corrected chi connectivity index (χ2v) is 7.17. The maximum absolute atomic E-state index is 12.4. The molecule has 0 unspecified atom stereocenters. The first-order valence-electron chi connectivity index (χ1n) is 8.07. The number of carbonyl (C=O) groups excluding carboxylic acids is 1. The van der Waals surface area contributed by atoms with Crippen molar-refractivity contribution < 1.29 is 4.79 Å². The molecule has 0 spiro atoms. The van der Waals surface area contributed by atoms with Crippen molar-refractivity contribution in [2.24, 2.45) is 5.41 Å². The Bertz CT molecular complexity index is 748. The van der Waals surface area contributed by atoms with Gasteiger partial charge >= 0.3 is 0 Å². The van der Waals surface area contributed by atoms with Crippen LogP contribution in [0, 0.1) is 19.3 Å². The molecule has 1 heterocycles. The molecule has 24 heavy (non-hydrogen) atoms. The molecule has 2 aromatic rings. The second kappa shape index (κ2) is 6.95. The van der Waals surface area contributed by atoms with Gasteiger partial charge in [-0.15, -0.1) is 0 Å². The van der Waals surface area contributed by atoms with Crippen molar-refractivity contribution in [1.82, 2.24) is 9.97 Å². The highest BCUT2D eigenvalue weighted by Crippen LogP contribution is 2.23. The fraction of sp³-hybridized carbons (Fsp3) is 0.350. The third-order valence-electron chi connectivity index (χ3n) is 3.46. The Morgan fingerprint density at radius 2 is 1.62 bits per heavy atom. The summed E-state index contributed by atoms with van der Waals surface area (Å²) in [5, 5.41) is 2.82. The van der Waals surface area contributed by atoms with E-state index in [0.717, 1.165) is 11.3 Å². The van der Waals surface area contributed by atoms with E-state index in [1.54, 1.807) is 6.07 Å². The Balaban J connectivity index is 2.15. The molecule has 2 rings (SSSR count). The van der Waals surface area contributed by atoms with Crippen LogP contribution in [0.1, 0.15) is 55.1 Å². The topological polar surface area (TPSA) is 54.9 Å². The largest absolute Gasteiger partial charge is 0.306 e. The van der Waals surface area contributed by atoms with E-state index >= 15 is 0 Å². The Morgan fingerprint density at radius 1 is 1.04 bits per heavy atom. The number of carbonyl (C=O) groups is 1. The first-order chi connectivity index (χ1) is 11.1. The number of allylic oxidation sites excluding steroid dienone is 2. The Kier molecular flexibility index (Phi) is 5.17. The van der Waals surface area contributed by atoms with Gasteiger partial charge in [0, 0.05) is 17.3 Å². The third kappa shape index (κ3) is 5.01. The number of amides is 1. The predicted octanol–water partition coefficient (Wildman–Crippen LogP) is 4.80. The summed E-state index contributed by atoms with van der Waals surface area (Å²) in [7, 11) is 0. The van der Waals surface area contributed by atoms with Crippen LogP contribution in [0.4, 0.5) is 5.82 Å². The lowest BCUT2D eigenvalue weighted by molar-refractivity contribution is 0.102. The van der Waals surface area contributed by atoms with Gasteiger partial charge in [0.15, 0.2) is 0 Å². The van der Waals surface area contributed by atoms with E-state index < -0.39 is 0 Å². The van der Waals surface area contributed by atoms with E-state index in [2.05, 4.69) is 49.1 Å². The van der Waals surface area contributed by atoms with Crippen molar-refractivity contribution in [3.63, 3.8) is 0 Å². The monoisotopic (exact) mass is 323 g/mol. The number of nitrogens with one attached hydrogen (secondary N) is 1. The Hall–Kier alpha value is -2.49. The molecule has 4 heteroatoms. The van der Waals surface area contributed by atoms with Crippen LogP contribution in [0.25, 0.3) is 5.57 Å². The smallest absolute Gasteiger partial charge is 0.256 e. The summed E-state index contributed by atoms with van der Waals surface area (Å²) in [6, 6.07) is 9.39. The molecule has 1 aromatic carbocycles. The third-order valence-corrected chi connectivity index (χ3v) is 3.46. The summed E-state index contributed by atoms with van der Waals surface area (Å²) in [6.45, 7) is 12.3. The molecule has 0 aliphatic carbocycles. The minimum absolute atomic E-state index is 0.128. The molecule has 126 valence electrons. The van der Waals surface area contributed by atoms with Gasteiger partial charge in [0.1, 0.15) is 11.6 Å². The maximum Gasteiger partial charge on any atom is 0.256 e. The minimum Gasteiger partial charge on any atom is -0.306 e. The lowest BCUT2D eigenvalue weighted by Gasteiger charge is -2.14. The number of hydrogen-bond donors (Lipinski definition) is 1. The van der Waals surface area contributed by atoms with Crippen LogP contribution in [-0.2, 0) is 0 Å². The molecule has 4 nitrogen and oxygen atoms in total. The summed E-state index contributed by atoms with van der Waals surface area (Å²) >= 11 is 0. The zero-order valence-corrected chi connectivity index (χ0v) is 15.3. The molecule has 0 fully saturated rings. The van der Waals surface area contributed by atoms with Gasteiger partial charge in [0.25, 0.3) is 5.91 Å². The van der Waals surface area contributed by atoms with Crippen LogP contribution in [0.2, 0.25) is 0 Å². The Labute approximate surface area is 144 Å². The van der Waals surface area contributed by atoms with Crippen LogP contribution >= 0.6 is 0 Å². The molecule has 0 bridgehead atoms. The summed E-state index contributed by atoms with van der Waals surface area (Å²) in [6.07, 6.45) is 2.23. The molecule has 0 radical (unpaired) electrons. The summed E-state index contributed by atoms with van der Waals surface area (Å²) in [4.78, 5) is 20.8. The maximum atomic E-state index is 12.4. The number of benzene rings is 1. The average molecular weight is 323 g/mol. The van der Waals surface area contributed by atoms with Crippen LogP contribution in [0.15, 0.2) is 36.4 Å². The van der Waals surface area contributed by atoms with E-state index in [1.165, 1.54) is 5.57 Å². The molecule has 0 saturated carbocycles. The van der Waals surface area contributed by atoms with E-state index in [0.29, 0.717) is 17.2 Å². The minimum atomic E-state index is -0.170. The van der Waals surface area contributed by atoms with Gasteiger partial charge in [0.2, 0.25) is 0 Å². The lowest BCUT2D eigenvalue weighted by atomic mass is 9.91. The fourth-order valence-corrected chi connectivity index (χ4v) is 2.59. The standard InChI is InChI=1S/C20H25N3O/c1-13(12-20(4,5)6)16-7-9-17(10-8-16)19(24)23-18-11-14(2)21-15(3)22-18/h7-12H,1-6H3,(H,21,22,23,24)/b13-12+. The van der Waals surface area contributed by atoms with Crippen LogP contribution in [0.5, 0.6) is 0 Å². The van der Waals surface area contributed by atoms with Crippen LogP contribution in [0.3, 0.4) is 0 Å². The van der Waals surface area contributed by atoms with Crippen molar-refractivity contribution in [1.29, 1.82) is 0 Å². The average Bonchev–Trinajstić information content (AvgIpc) is 2.44. The summed E-state index contributed by atoms with van der Waals surface area (Å²) < 4.78 is 0. The Morgan fingerprint density at radius 3 is 2.17 bits per heavy atom. The highest BCUT2D eigenvalue weighted by Gasteiger charge is 2.10. The van der Waals surface area contributed by atoms with E-state index in [1.807, 2.05) is 38.1 Å². The first-order valence-corrected chi connectivity index (χ1v) is 8.07. The van der Waals surface area contributed by atoms with E-state index in [-0.39, 0.29) is 11.3 Å². The van der Waals surface area contributed by atoms with Crippen molar-refractivity contribution in [2.45, 2.75) is 41.5 Å². The van der Waals surface area contributed by atoms with Gasteiger partial charge in [-0.25, -0.2) is 9.97 Å². The number of rotatable bonds is 3. The molecule has 1 aromatic heterocycles. The van der Waals surface area contributed by atoms with Crippen LogP contribution < -0.4 is 5.32 Å². The zero-order valence-electron chi connectivity index (χ0n) is 15.3. The number of nitrogens with zero attached hydrogens (tertiary/aromatic N) is 2. The quantitative estimate of drug-likeness (QED) is 0.883. The number of aromatic nitrogens is 2. The highest BCUT2D eigenvalue weighted by molar-refractivity contribution is 6.03. The molecule has 1 N–H and O–H groups in total. The fourth-order valence-electron chi connectivity index (χ4n) is 2.59. The van der Waals surface area contributed by atoms with Gasteiger partial charge in [-0.05, 0) is 49.5 Å². The molecule has 0 aliphatic heterocycles. The molecule has 0 saturated heterocycles. The zero-order chi connectivity index (χ0) is 17.9. The molecule has 1 amide bonds. The first kappa shape index (κ1) is 17.9. The molecule has 0 atom stereocenters. The molecular weight excluding hydrogens is 298 g/mol. The molecular formula is C20H25N3O. The van der Waals surface area contributed by atoms with Crippen molar-refractivity contribution in [3.05, 3.63) is 59.1 Å². The number of anilines is 1. The van der Waals surface area contributed by atoms with E-state index in [4.69, 9.17) is 0 Å². The van der Waals surface area contributed by atoms with E-state index in [9.17, 15) is 4.79 Å². The van der Waals surface area contributed by atoms with Crippen molar-refractivity contribution in [2.75, 3.05) is 5.32 Å². The number of hydrogen-bond acceptors (Lipinski definition) is 3. The second-order valence-electron chi connectivity index (χ2n) is 7.17. The SMILES string of the molecule is C/C(=C\C(C)(C)C)c1ccc(C(=O)Nc2cc(C)nc(C)n2)cc1. The lowest BCUT2D eigenvalue weighted by Crippen LogP contribution is -2.13. The van der Waals surface area contributed by atoms with Gasteiger partial charge in [0.05, 0.1) is 0 Å². The normalized spacial score (nSPS) is 12.2. The van der Waals surface area contributed by atoms with Gasteiger partial charge < -0.3 is 5.32 Å². The van der Waals surface area contributed by atoms with Gasteiger partial charge in [-0.1, -0.05) is 39.0 Å². The summed E-state index contributed by atoms with van der Waals surface area (Å²) in [5.41, 5.74) is 3.89. The predicted molar refractivity (Wildman–Crippen MR) is 99.0 cm³/mol. The van der Waals surface area contributed by atoms with Crippen molar-refractivity contribution >= 4 is 17.3 Å². The van der Waals surface area contributed by atoms with Crippen LogP contribution in [-0.4, -0.2) is 15.9 Å².